The second kappa shape index (κ2) is 9.60. The molecule has 0 aliphatic carbocycles. The van der Waals surface area contributed by atoms with E-state index in [1.54, 1.807) is 6.20 Å². The van der Waals surface area contributed by atoms with Gasteiger partial charge >= 0.3 is 12.1 Å². The number of anilines is 1. The van der Waals surface area contributed by atoms with Crippen LogP contribution in [-0.2, 0) is 16.6 Å². The number of carbonyl (C=O) groups is 2. The topological polar surface area (TPSA) is 87.9 Å². The van der Waals surface area contributed by atoms with Crippen LogP contribution in [0.1, 0.15) is 23.3 Å². The van der Waals surface area contributed by atoms with Gasteiger partial charge in [0.1, 0.15) is 11.3 Å². The number of hydrogen-bond acceptors (Lipinski definition) is 5. The number of piperidine rings is 1. The second-order valence-corrected chi connectivity index (χ2v) is 7.80. The molecule has 8 nitrogen and oxygen atoms in total. The standard InChI is InChI=1S/C19H24N4O2.C2HF3O2/c1-21-9-3-6-17(21)18(24)23-11-12-25-19(15-23)7-4-10-22(14-19)16-5-2-8-20-13-16;3-2(4,5)1(6)7/h2-3,5-6,8-9,13H,4,7,10-12,14-15H2,1H3;(H,6,7). The normalized spacial score (nSPS) is 21.1. The van der Waals surface area contributed by atoms with Crippen LogP contribution >= 0.6 is 0 Å². The van der Waals surface area contributed by atoms with Crippen molar-refractivity contribution in [3.8, 4) is 0 Å². The molecule has 2 fully saturated rings. The molecule has 2 aromatic rings. The third kappa shape index (κ3) is 5.58. The number of hydrogen-bond donors (Lipinski definition) is 1. The fraction of sp³-hybridized carbons (Fsp3) is 0.476. The van der Waals surface area contributed by atoms with Crippen molar-refractivity contribution in [1.29, 1.82) is 0 Å². The molecule has 4 heterocycles. The van der Waals surface area contributed by atoms with Gasteiger partial charge in [-0.05, 0) is 37.1 Å². The molecule has 1 amide bonds. The minimum atomic E-state index is -5.08. The summed E-state index contributed by atoms with van der Waals surface area (Å²) in [7, 11) is 1.91. The molecular weight excluding hydrogens is 429 g/mol. The van der Waals surface area contributed by atoms with Crippen LogP contribution in [0, 0.1) is 0 Å². The average Bonchev–Trinajstić information content (AvgIpc) is 3.19. The Morgan fingerprint density at radius 3 is 2.53 bits per heavy atom. The van der Waals surface area contributed by atoms with E-state index >= 15 is 0 Å². The van der Waals surface area contributed by atoms with Gasteiger partial charge in [0, 0.05) is 39.1 Å². The van der Waals surface area contributed by atoms with Gasteiger partial charge < -0.3 is 24.2 Å². The Hall–Kier alpha value is -3.08. The maximum Gasteiger partial charge on any atom is 0.490 e. The minimum Gasteiger partial charge on any atom is -0.475 e. The molecule has 174 valence electrons. The van der Waals surface area contributed by atoms with Gasteiger partial charge in [0.2, 0.25) is 0 Å². The van der Waals surface area contributed by atoms with Crippen LogP contribution in [0.2, 0.25) is 0 Å². The van der Waals surface area contributed by atoms with Crippen molar-refractivity contribution in [2.75, 3.05) is 37.7 Å². The van der Waals surface area contributed by atoms with E-state index in [-0.39, 0.29) is 11.5 Å². The van der Waals surface area contributed by atoms with Crippen molar-refractivity contribution < 1.29 is 32.6 Å². The van der Waals surface area contributed by atoms with Gasteiger partial charge in [-0.3, -0.25) is 9.78 Å². The van der Waals surface area contributed by atoms with E-state index in [1.807, 2.05) is 47.1 Å². The number of aromatic nitrogens is 2. The van der Waals surface area contributed by atoms with Crippen LogP contribution in [0.4, 0.5) is 18.9 Å². The zero-order valence-electron chi connectivity index (χ0n) is 17.6. The van der Waals surface area contributed by atoms with E-state index in [0.29, 0.717) is 19.7 Å². The molecule has 0 saturated carbocycles. The van der Waals surface area contributed by atoms with Crippen molar-refractivity contribution in [3.05, 3.63) is 48.5 Å². The fourth-order valence-corrected chi connectivity index (χ4v) is 3.97. The van der Waals surface area contributed by atoms with E-state index < -0.39 is 12.1 Å². The summed E-state index contributed by atoms with van der Waals surface area (Å²) in [6.45, 7) is 3.70. The summed E-state index contributed by atoms with van der Waals surface area (Å²) in [5.74, 6) is -2.67. The molecule has 0 radical (unpaired) electrons. The van der Waals surface area contributed by atoms with Gasteiger partial charge in [0.05, 0.1) is 25.0 Å². The highest BCUT2D eigenvalue weighted by Crippen LogP contribution is 2.32. The quantitative estimate of drug-likeness (QED) is 0.751. The summed E-state index contributed by atoms with van der Waals surface area (Å²) in [4.78, 5) is 30.3. The lowest BCUT2D eigenvalue weighted by Crippen LogP contribution is -2.61. The number of halogens is 3. The molecule has 2 aliphatic heterocycles. The van der Waals surface area contributed by atoms with Crippen molar-refractivity contribution >= 4 is 17.6 Å². The van der Waals surface area contributed by atoms with E-state index in [2.05, 4.69) is 16.0 Å². The second-order valence-electron chi connectivity index (χ2n) is 7.80. The summed E-state index contributed by atoms with van der Waals surface area (Å²) in [5.41, 5.74) is 1.57. The predicted octanol–water partition coefficient (Wildman–Crippen LogP) is 2.57. The number of ether oxygens (including phenoxy) is 1. The van der Waals surface area contributed by atoms with E-state index in [1.165, 1.54) is 0 Å². The molecule has 2 aromatic heterocycles. The van der Waals surface area contributed by atoms with Gasteiger partial charge in [-0.15, -0.1) is 0 Å². The Morgan fingerprint density at radius 1 is 1.19 bits per heavy atom. The van der Waals surface area contributed by atoms with Gasteiger partial charge in [-0.25, -0.2) is 4.79 Å². The monoisotopic (exact) mass is 454 g/mol. The maximum atomic E-state index is 12.9. The SMILES string of the molecule is Cn1cccc1C(=O)N1CCOC2(CCCN(c3cccnc3)C2)C1.O=C(O)C(F)(F)F. The molecule has 1 unspecified atom stereocenters. The highest BCUT2D eigenvalue weighted by Gasteiger charge is 2.42. The highest BCUT2D eigenvalue weighted by atomic mass is 19.4. The first-order chi connectivity index (χ1) is 15.1. The minimum absolute atomic E-state index is 0.0914. The number of carboxylic acids is 1. The lowest BCUT2D eigenvalue weighted by atomic mass is 9.90. The molecule has 0 bridgehead atoms. The van der Waals surface area contributed by atoms with Gasteiger partial charge in [0.15, 0.2) is 0 Å². The van der Waals surface area contributed by atoms with E-state index in [4.69, 9.17) is 14.6 Å². The third-order valence-corrected chi connectivity index (χ3v) is 5.49. The van der Waals surface area contributed by atoms with Gasteiger partial charge in [-0.1, -0.05) is 0 Å². The number of carboxylic acid groups (broad SMARTS) is 1. The van der Waals surface area contributed by atoms with Crippen molar-refractivity contribution in [3.63, 3.8) is 0 Å². The Labute approximate surface area is 183 Å². The number of carbonyl (C=O) groups excluding carboxylic acids is 1. The molecule has 1 atom stereocenters. The molecule has 11 heteroatoms. The van der Waals surface area contributed by atoms with Crippen LogP contribution < -0.4 is 4.90 Å². The van der Waals surface area contributed by atoms with Crippen LogP contribution in [0.25, 0.3) is 0 Å². The Morgan fingerprint density at radius 2 is 1.94 bits per heavy atom. The maximum absolute atomic E-state index is 12.9. The number of amides is 1. The lowest BCUT2D eigenvalue weighted by molar-refractivity contribution is -0.192. The van der Waals surface area contributed by atoms with Crippen molar-refractivity contribution in [2.24, 2.45) is 7.05 Å². The van der Waals surface area contributed by atoms with Crippen molar-refractivity contribution in [2.45, 2.75) is 24.6 Å². The first-order valence-electron chi connectivity index (χ1n) is 10.1. The first kappa shape index (κ1) is 23.6. The average molecular weight is 454 g/mol. The van der Waals surface area contributed by atoms with Crippen molar-refractivity contribution in [1.82, 2.24) is 14.5 Å². The molecule has 4 rings (SSSR count). The van der Waals surface area contributed by atoms with E-state index in [0.717, 1.165) is 37.3 Å². The van der Waals surface area contributed by atoms with Crippen LogP contribution in [-0.4, -0.2) is 76.0 Å². The molecule has 1 N–H and O–H groups in total. The molecule has 0 aromatic carbocycles. The fourth-order valence-electron chi connectivity index (χ4n) is 3.97. The third-order valence-electron chi connectivity index (χ3n) is 5.49. The van der Waals surface area contributed by atoms with Gasteiger partial charge in [-0.2, -0.15) is 13.2 Å². The zero-order valence-corrected chi connectivity index (χ0v) is 17.6. The number of nitrogens with zero attached hydrogens (tertiary/aromatic N) is 4. The molecule has 1 spiro atoms. The predicted molar refractivity (Wildman–Crippen MR) is 109 cm³/mol. The number of aryl methyl sites for hydroxylation is 1. The summed E-state index contributed by atoms with van der Waals surface area (Å²) in [6.07, 6.45) is 2.56. The molecule has 2 saturated heterocycles. The Kier molecular flexibility index (Phi) is 7.07. The smallest absolute Gasteiger partial charge is 0.475 e. The molecule has 2 aliphatic rings. The van der Waals surface area contributed by atoms with Crippen LogP contribution in [0.15, 0.2) is 42.9 Å². The number of alkyl halides is 3. The Balaban J connectivity index is 0.000000360. The zero-order chi connectivity index (χ0) is 23.4. The van der Waals surface area contributed by atoms with Crippen LogP contribution in [0.3, 0.4) is 0 Å². The summed E-state index contributed by atoms with van der Waals surface area (Å²) in [6, 6.07) is 7.84. The highest BCUT2D eigenvalue weighted by molar-refractivity contribution is 5.92. The summed E-state index contributed by atoms with van der Waals surface area (Å²) in [5, 5.41) is 7.12. The molecular formula is C21H25F3N4O4. The van der Waals surface area contributed by atoms with E-state index in [9.17, 15) is 18.0 Å². The number of rotatable bonds is 2. The first-order valence-corrected chi connectivity index (χ1v) is 10.1. The summed E-state index contributed by atoms with van der Waals surface area (Å²) < 4.78 is 39.8. The number of aliphatic carboxylic acids is 1. The van der Waals surface area contributed by atoms with Crippen LogP contribution in [0.5, 0.6) is 0 Å². The number of morpholine rings is 1. The Bertz CT molecular complexity index is 931. The largest absolute Gasteiger partial charge is 0.490 e. The van der Waals surface area contributed by atoms with Gasteiger partial charge in [0.25, 0.3) is 5.91 Å². The lowest BCUT2D eigenvalue weighted by Gasteiger charge is -2.48. The summed E-state index contributed by atoms with van der Waals surface area (Å²) >= 11 is 0. The molecule has 32 heavy (non-hydrogen) atoms. The number of pyridine rings is 1.